The summed E-state index contributed by atoms with van der Waals surface area (Å²) in [5.74, 6) is 0.940. The maximum absolute atomic E-state index is 5.43. The topological polar surface area (TPSA) is 21.3 Å². The molecular formula is C9H15NOS. The second-order valence-corrected chi connectivity index (χ2v) is 3.92. The van der Waals surface area contributed by atoms with Crippen LogP contribution in [0.1, 0.15) is 12.8 Å². The van der Waals surface area contributed by atoms with Gasteiger partial charge in [-0.3, -0.25) is 0 Å². The van der Waals surface area contributed by atoms with E-state index in [4.69, 9.17) is 4.74 Å². The van der Waals surface area contributed by atoms with E-state index in [1.165, 1.54) is 5.57 Å². The summed E-state index contributed by atoms with van der Waals surface area (Å²) >= 11 is 4.26. The number of thiol groups is 1. The van der Waals surface area contributed by atoms with Crippen molar-refractivity contribution in [2.45, 2.75) is 18.4 Å². The van der Waals surface area contributed by atoms with E-state index in [0.29, 0.717) is 0 Å². The Hall–Kier alpha value is 0.01000. The van der Waals surface area contributed by atoms with Crippen LogP contribution in [0.2, 0.25) is 0 Å². The third-order valence-corrected chi connectivity index (χ3v) is 3.03. The highest BCUT2D eigenvalue weighted by Crippen LogP contribution is 2.32. The van der Waals surface area contributed by atoms with Crippen molar-refractivity contribution in [1.82, 2.24) is 5.32 Å². The Kier molecular flexibility index (Phi) is 2.44. The lowest BCUT2D eigenvalue weighted by molar-refractivity contribution is 0.178. The van der Waals surface area contributed by atoms with Crippen molar-refractivity contribution in [2.24, 2.45) is 0 Å². The Morgan fingerprint density at radius 1 is 1.67 bits per heavy atom. The minimum atomic E-state index is 0.197. The number of hydrogen-bond acceptors (Lipinski definition) is 3. The molecule has 2 heterocycles. The van der Waals surface area contributed by atoms with Crippen LogP contribution in [0, 0.1) is 0 Å². The average molecular weight is 185 g/mol. The van der Waals surface area contributed by atoms with Gasteiger partial charge in [-0.15, -0.1) is 0 Å². The molecule has 0 aliphatic carbocycles. The molecule has 2 nitrogen and oxygen atoms in total. The molecule has 0 bridgehead atoms. The molecule has 1 atom stereocenters. The summed E-state index contributed by atoms with van der Waals surface area (Å²) in [4.78, 5) is 0. The lowest BCUT2D eigenvalue weighted by Crippen LogP contribution is -2.43. The van der Waals surface area contributed by atoms with Crippen LogP contribution in [0.5, 0.6) is 0 Å². The standard InChI is InChI=1S/C9H15NOS/c12-6-2-8-1-4-10-9(8)3-5-11-7-9/h1,10,12H,2-7H2. The van der Waals surface area contributed by atoms with Gasteiger partial charge in [0.2, 0.25) is 0 Å². The predicted molar refractivity (Wildman–Crippen MR) is 52.7 cm³/mol. The Labute approximate surface area is 78.8 Å². The van der Waals surface area contributed by atoms with Gasteiger partial charge < -0.3 is 10.1 Å². The molecule has 1 spiro atoms. The van der Waals surface area contributed by atoms with Crippen LogP contribution in [0.15, 0.2) is 11.6 Å². The smallest absolute Gasteiger partial charge is 0.0687 e. The van der Waals surface area contributed by atoms with Gasteiger partial charge in [0, 0.05) is 13.2 Å². The minimum absolute atomic E-state index is 0.197. The van der Waals surface area contributed by atoms with Crippen LogP contribution in [-0.4, -0.2) is 31.1 Å². The molecule has 2 rings (SSSR count). The van der Waals surface area contributed by atoms with E-state index in [1.54, 1.807) is 0 Å². The number of rotatable bonds is 2. The van der Waals surface area contributed by atoms with Gasteiger partial charge in [0.25, 0.3) is 0 Å². The Morgan fingerprint density at radius 3 is 3.25 bits per heavy atom. The molecule has 0 saturated carbocycles. The first kappa shape index (κ1) is 8.60. The molecule has 0 amide bonds. The van der Waals surface area contributed by atoms with Crippen LogP contribution < -0.4 is 5.32 Å². The lowest BCUT2D eigenvalue weighted by Gasteiger charge is -2.25. The second kappa shape index (κ2) is 3.40. The van der Waals surface area contributed by atoms with Crippen molar-refractivity contribution in [1.29, 1.82) is 0 Å². The van der Waals surface area contributed by atoms with E-state index in [-0.39, 0.29) is 5.54 Å². The van der Waals surface area contributed by atoms with Crippen molar-refractivity contribution in [3.05, 3.63) is 11.6 Å². The van der Waals surface area contributed by atoms with Crippen molar-refractivity contribution in [3.8, 4) is 0 Å². The molecule has 0 aromatic rings. The van der Waals surface area contributed by atoms with E-state index >= 15 is 0 Å². The Bertz CT molecular complexity index is 197. The van der Waals surface area contributed by atoms with Gasteiger partial charge in [0.15, 0.2) is 0 Å². The Balaban J connectivity index is 2.09. The van der Waals surface area contributed by atoms with Gasteiger partial charge in [0.1, 0.15) is 0 Å². The molecule has 3 heteroatoms. The first-order valence-electron chi connectivity index (χ1n) is 4.50. The molecule has 12 heavy (non-hydrogen) atoms. The zero-order valence-corrected chi connectivity index (χ0v) is 8.07. The van der Waals surface area contributed by atoms with Crippen molar-refractivity contribution < 1.29 is 4.74 Å². The highest BCUT2D eigenvalue weighted by Gasteiger charge is 2.39. The van der Waals surface area contributed by atoms with Gasteiger partial charge >= 0.3 is 0 Å². The zero-order valence-electron chi connectivity index (χ0n) is 7.18. The maximum Gasteiger partial charge on any atom is 0.0687 e. The van der Waals surface area contributed by atoms with Crippen molar-refractivity contribution in [3.63, 3.8) is 0 Å². The molecule has 1 unspecified atom stereocenters. The lowest BCUT2D eigenvalue weighted by atomic mass is 9.89. The van der Waals surface area contributed by atoms with E-state index in [0.717, 1.165) is 38.4 Å². The van der Waals surface area contributed by atoms with Crippen LogP contribution in [0.4, 0.5) is 0 Å². The van der Waals surface area contributed by atoms with Crippen LogP contribution in [0.3, 0.4) is 0 Å². The van der Waals surface area contributed by atoms with Gasteiger partial charge in [0.05, 0.1) is 12.1 Å². The molecule has 2 aliphatic rings. The normalized spacial score (nSPS) is 34.6. The molecule has 0 aromatic carbocycles. The molecule has 0 radical (unpaired) electrons. The first-order chi connectivity index (χ1) is 5.87. The largest absolute Gasteiger partial charge is 0.379 e. The minimum Gasteiger partial charge on any atom is -0.379 e. The molecule has 1 N–H and O–H groups in total. The summed E-state index contributed by atoms with van der Waals surface area (Å²) in [6.45, 7) is 2.76. The molecule has 1 fully saturated rings. The number of ether oxygens (including phenoxy) is 1. The van der Waals surface area contributed by atoms with E-state index < -0.39 is 0 Å². The average Bonchev–Trinajstić information content (AvgIpc) is 2.66. The van der Waals surface area contributed by atoms with Gasteiger partial charge in [-0.25, -0.2) is 0 Å². The predicted octanol–water partition coefficient (Wildman–Crippen LogP) is 0.995. The third kappa shape index (κ3) is 1.30. The van der Waals surface area contributed by atoms with Crippen molar-refractivity contribution >= 4 is 12.6 Å². The van der Waals surface area contributed by atoms with Gasteiger partial charge in [-0.1, -0.05) is 6.08 Å². The molecule has 1 saturated heterocycles. The quantitative estimate of drug-likeness (QED) is 0.494. The fourth-order valence-corrected chi connectivity index (χ4v) is 2.34. The summed E-state index contributed by atoms with van der Waals surface area (Å²) in [7, 11) is 0. The third-order valence-electron chi connectivity index (χ3n) is 2.81. The monoisotopic (exact) mass is 185 g/mol. The highest BCUT2D eigenvalue weighted by molar-refractivity contribution is 7.80. The fourth-order valence-electron chi connectivity index (χ4n) is 2.10. The number of hydrogen-bond donors (Lipinski definition) is 2. The summed E-state index contributed by atoms with van der Waals surface area (Å²) in [6.07, 6.45) is 4.52. The summed E-state index contributed by atoms with van der Waals surface area (Å²) < 4.78 is 5.43. The van der Waals surface area contributed by atoms with Crippen LogP contribution in [0.25, 0.3) is 0 Å². The van der Waals surface area contributed by atoms with Crippen LogP contribution >= 0.6 is 12.6 Å². The maximum atomic E-state index is 5.43. The van der Waals surface area contributed by atoms with Gasteiger partial charge in [-0.05, 0) is 24.2 Å². The van der Waals surface area contributed by atoms with E-state index in [2.05, 4.69) is 24.0 Å². The SMILES string of the molecule is SCCC1=CCNC12CCOC2. The van der Waals surface area contributed by atoms with Gasteiger partial charge in [-0.2, -0.15) is 12.6 Å². The fraction of sp³-hybridized carbons (Fsp3) is 0.778. The second-order valence-electron chi connectivity index (χ2n) is 3.47. The summed E-state index contributed by atoms with van der Waals surface area (Å²) in [5.41, 5.74) is 1.71. The highest BCUT2D eigenvalue weighted by atomic mass is 32.1. The zero-order chi connectivity index (χ0) is 8.44. The van der Waals surface area contributed by atoms with Crippen molar-refractivity contribution in [2.75, 3.05) is 25.5 Å². The van der Waals surface area contributed by atoms with E-state index in [9.17, 15) is 0 Å². The number of nitrogens with one attached hydrogen (secondary N) is 1. The molecule has 2 aliphatic heterocycles. The molecule has 68 valence electrons. The van der Waals surface area contributed by atoms with Crippen LogP contribution in [-0.2, 0) is 4.74 Å². The molecule has 0 aromatic heterocycles. The molecular weight excluding hydrogens is 170 g/mol. The Morgan fingerprint density at radius 2 is 2.58 bits per heavy atom. The van der Waals surface area contributed by atoms with E-state index in [1.807, 2.05) is 0 Å². The first-order valence-corrected chi connectivity index (χ1v) is 5.14. The summed E-state index contributed by atoms with van der Waals surface area (Å²) in [6, 6.07) is 0. The summed E-state index contributed by atoms with van der Waals surface area (Å²) in [5, 5.41) is 3.52.